The first-order valence-electron chi connectivity index (χ1n) is 6.26. The van der Waals surface area contributed by atoms with Gasteiger partial charge in [0, 0.05) is 26.3 Å². The average molecular weight is 228 g/mol. The number of hydrogen-bond acceptors (Lipinski definition) is 2. The maximum absolute atomic E-state index is 11.4. The van der Waals surface area contributed by atoms with Gasteiger partial charge >= 0.3 is 6.03 Å². The van der Waals surface area contributed by atoms with Gasteiger partial charge < -0.3 is 15.4 Å². The van der Waals surface area contributed by atoms with Crippen molar-refractivity contribution in [2.45, 2.75) is 39.5 Å². The van der Waals surface area contributed by atoms with E-state index in [2.05, 4.69) is 24.5 Å². The van der Waals surface area contributed by atoms with Gasteiger partial charge in [-0.1, -0.05) is 20.3 Å². The van der Waals surface area contributed by atoms with Crippen molar-refractivity contribution in [3.63, 3.8) is 0 Å². The molecule has 0 unspecified atom stereocenters. The molecule has 1 aliphatic heterocycles. The summed E-state index contributed by atoms with van der Waals surface area (Å²) < 4.78 is 5.32. The Balaban J connectivity index is 2.14. The van der Waals surface area contributed by atoms with E-state index in [1.807, 2.05) is 0 Å². The fourth-order valence-electron chi connectivity index (χ4n) is 1.78. The third-order valence-electron chi connectivity index (χ3n) is 3.19. The van der Waals surface area contributed by atoms with Crippen LogP contribution in [0.2, 0.25) is 0 Å². The lowest BCUT2D eigenvalue weighted by atomic mass is 9.82. The topological polar surface area (TPSA) is 50.4 Å². The molecular formula is C12H24N2O2. The minimum Gasteiger partial charge on any atom is -0.381 e. The molecule has 1 heterocycles. The summed E-state index contributed by atoms with van der Waals surface area (Å²) in [4.78, 5) is 11.4. The molecule has 0 aliphatic carbocycles. The Morgan fingerprint density at radius 3 is 2.62 bits per heavy atom. The Hall–Kier alpha value is -0.770. The molecule has 0 radical (unpaired) electrons. The predicted octanol–water partition coefficient (Wildman–Crippen LogP) is 1.90. The van der Waals surface area contributed by atoms with E-state index in [9.17, 15) is 4.79 Å². The van der Waals surface area contributed by atoms with E-state index in [1.165, 1.54) is 0 Å². The highest BCUT2D eigenvalue weighted by Crippen LogP contribution is 2.28. The first kappa shape index (κ1) is 13.3. The highest BCUT2D eigenvalue weighted by Gasteiger charge is 2.27. The van der Waals surface area contributed by atoms with Crippen LogP contribution in [0, 0.1) is 5.41 Å². The molecule has 0 saturated carbocycles. The molecular weight excluding hydrogens is 204 g/mol. The quantitative estimate of drug-likeness (QED) is 0.706. The highest BCUT2D eigenvalue weighted by atomic mass is 16.5. The van der Waals surface area contributed by atoms with E-state index in [0.717, 1.165) is 52.0 Å². The number of nitrogens with one attached hydrogen (secondary N) is 2. The van der Waals surface area contributed by atoms with Crippen molar-refractivity contribution < 1.29 is 9.53 Å². The van der Waals surface area contributed by atoms with E-state index in [-0.39, 0.29) is 11.4 Å². The summed E-state index contributed by atoms with van der Waals surface area (Å²) in [6.07, 6.45) is 4.21. The molecule has 0 aromatic heterocycles. The minimum atomic E-state index is -0.0406. The molecule has 16 heavy (non-hydrogen) atoms. The van der Waals surface area contributed by atoms with Crippen molar-refractivity contribution in [2.24, 2.45) is 5.41 Å². The number of hydrogen-bond donors (Lipinski definition) is 2. The second kappa shape index (κ2) is 6.74. The summed E-state index contributed by atoms with van der Waals surface area (Å²) >= 11 is 0. The summed E-state index contributed by atoms with van der Waals surface area (Å²) in [5.74, 6) is 0. The van der Waals surface area contributed by atoms with Crippen LogP contribution >= 0.6 is 0 Å². The normalized spacial score (nSPS) is 19.1. The number of ether oxygens (including phenoxy) is 1. The Morgan fingerprint density at radius 1 is 1.31 bits per heavy atom. The Morgan fingerprint density at radius 2 is 2.00 bits per heavy atom. The molecule has 0 bridgehead atoms. The van der Waals surface area contributed by atoms with Crippen molar-refractivity contribution in [3.05, 3.63) is 0 Å². The zero-order valence-electron chi connectivity index (χ0n) is 10.5. The molecule has 0 spiro atoms. The molecule has 1 aliphatic rings. The zero-order valence-corrected chi connectivity index (χ0v) is 10.5. The number of carbonyl (C=O) groups is 1. The zero-order chi connectivity index (χ0) is 11.9. The van der Waals surface area contributed by atoms with E-state index < -0.39 is 0 Å². The standard InChI is InChI=1S/C12H24N2O2/c1-3-4-7-13-11(15)14-10-12(2)5-8-16-9-6-12/h3-10H2,1-2H3,(H2,13,14,15). The van der Waals surface area contributed by atoms with Crippen molar-refractivity contribution in [3.8, 4) is 0 Å². The second-order valence-corrected chi connectivity index (χ2v) is 4.89. The smallest absolute Gasteiger partial charge is 0.314 e. The van der Waals surface area contributed by atoms with Crippen LogP contribution < -0.4 is 10.6 Å². The highest BCUT2D eigenvalue weighted by molar-refractivity contribution is 5.73. The van der Waals surface area contributed by atoms with Crippen LogP contribution in [-0.2, 0) is 4.74 Å². The third kappa shape index (κ3) is 4.84. The van der Waals surface area contributed by atoms with Gasteiger partial charge in [0.25, 0.3) is 0 Å². The second-order valence-electron chi connectivity index (χ2n) is 4.89. The van der Waals surface area contributed by atoms with Gasteiger partial charge in [-0.15, -0.1) is 0 Å². The first-order chi connectivity index (χ1) is 7.66. The average Bonchev–Trinajstić information content (AvgIpc) is 2.28. The van der Waals surface area contributed by atoms with Crippen LogP contribution in [0.25, 0.3) is 0 Å². The van der Waals surface area contributed by atoms with Gasteiger partial charge in [-0.25, -0.2) is 4.79 Å². The number of urea groups is 1. The van der Waals surface area contributed by atoms with Crippen LogP contribution in [0.1, 0.15) is 39.5 Å². The number of rotatable bonds is 5. The molecule has 4 heteroatoms. The first-order valence-corrected chi connectivity index (χ1v) is 6.26. The van der Waals surface area contributed by atoms with Gasteiger partial charge in [0.1, 0.15) is 0 Å². The maximum atomic E-state index is 11.4. The van der Waals surface area contributed by atoms with Crippen molar-refractivity contribution in [1.29, 1.82) is 0 Å². The lowest BCUT2D eigenvalue weighted by Gasteiger charge is -2.33. The third-order valence-corrected chi connectivity index (χ3v) is 3.19. The monoisotopic (exact) mass is 228 g/mol. The number of carbonyl (C=O) groups excluding carboxylic acids is 1. The van der Waals surface area contributed by atoms with Gasteiger partial charge in [-0.05, 0) is 24.7 Å². The maximum Gasteiger partial charge on any atom is 0.314 e. The van der Waals surface area contributed by atoms with E-state index in [1.54, 1.807) is 0 Å². The van der Waals surface area contributed by atoms with E-state index >= 15 is 0 Å². The molecule has 1 saturated heterocycles. The van der Waals surface area contributed by atoms with E-state index in [0.29, 0.717) is 0 Å². The van der Waals surface area contributed by atoms with Gasteiger partial charge in [0.2, 0.25) is 0 Å². The lowest BCUT2D eigenvalue weighted by molar-refractivity contribution is 0.0252. The van der Waals surface area contributed by atoms with Crippen LogP contribution in [0.5, 0.6) is 0 Å². The van der Waals surface area contributed by atoms with Crippen LogP contribution in [0.4, 0.5) is 4.79 Å². The Kier molecular flexibility index (Phi) is 5.60. The Bertz CT molecular complexity index is 213. The van der Waals surface area contributed by atoms with Gasteiger partial charge in [-0.2, -0.15) is 0 Å². The van der Waals surface area contributed by atoms with E-state index in [4.69, 9.17) is 4.74 Å². The molecule has 94 valence electrons. The summed E-state index contributed by atoms with van der Waals surface area (Å²) in [5.41, 5.74) is 0.209. The number of unbranched alkanes of at least 4 members (excludes halogenated alkanes) is 1. The SMILES string of the molecule is CCCCNC(=O)NCC1(C)CCOCC1. The summed E-state index contributed by atoms with van der Waals surface area (Å²) in [6.45, 7) is 7.46. The van der Waals surface area contributed by atoms with Gasteiger partial charge in [0.05, 0.1) is 0 Å². The molecule has 0 aromatic rings. The molecule has 0 aromatic carbocycles. The van der Waals surface area contributed by atoms with Crippen molar-refractivity contribution >= 4 is 6.03 Å². The van der Waals surface area contributed by atoms with Crippen LogP contribution in [-0.4, -0.2) is 32.3 Å². The molecule has 0 atom stereocenters. The predicted molar refractivity (Wildman–Crippen MR) is 64.5 cm³/mol. The lowest BCUT2D eigenvalue weighted by Crippen LogP contribution is -2.43. The van der Waals surface area contributed by atoms with Crippen LogP contribution in [0.3, 0.4) is 0 Å². The molecule has 2 N–H and O–H groups in total. The number of amides is 2. The fourth-order valence-corrected chi connectivity index (χ4v) is 1.78. The molecule has 1 rings (SSSR count). The summed E-state index contributed by atoms with van der Waals surface area (Å²) in [7, 11) is 0. The molecule has 4 nitrogen and oxygen atoms in total. The summed E-state index contributed by atoms with van der Waals surface area (Å²) in [6, 6.07) is -0.0406. The molecule has 2 amide bonds. The van der Waals surface area contributed by atoms with Gasteiger partial charge in [-0.3, -0.25) is 0 Å². The van der Waals surface area contributed by atoms with Gasteiger partial charge in [0.15, 0.2) is 0 Å². The summed E-state index contributed by atoms with van der Waals surface area (Å²) in [5, 5.41) is 5.81. The molecule has 1 fully saturated rings. The van der Waals surface area contributed by atoms with Crippen molar-refractivity contribution in [1.82, 2.24) is 10.6 Å². The largest absolute Gasteiger partial charge is 0.381 e. The van der Waals surface area contributed by atoms with Crippen LogP contribution in [0.15, 0.2) is 0 Å². The Labute approximate surface area is 98.1 Å². The minimum absolute atomic E-state index is 0.0406. The fraction of sp³-hybridized carbons (Fsp3) is 0.917. The van der Waals surface area contributed by atoms with Crippen molar-refractivity contribution in [2.75, 3.05) is 26.3 Å².